The first kappa shape index (κ1) is 11.5. The molecule has 0 spiro atoms. The Hall–Kier alpha value is -1.03. The van der Waals surface area contributed by atoms with Crippen LogP contribution in [-0.4, -0.2) is 18.0 Å². The molecule has 1 saturated heterocycles. The van der Waals surface area contributed by atoms with Gasteiger partial charge in [0.2, 0.25) is 0 Å². The summed E-state index contributed by atoms with van der Waals surface area (Å²) in [7, 11) is 0. The molecule has 4 heteroatoms. The fourth-order valence-corrected chi connectivity index (χ4v) is 2.01. The molecule has 0 atom stereocenters. The van der Waals surface area contributed by atoms with E-state index in [2.05, 4.69) is 11.8 Å². The highest BCUT2D eigenvalue weighted by molar-refractivity contribution is 5.24. The molecule has 0 bridgehead atoms. The molecule has 88 valence electrons. The Morgan fingerprint density at radius 2 is 1.75 bits per heavy atom. The monoisotopic (exact) mass is 229 g/mol. The number of nitrogens with zero attached hydrogens (tertiary/aromatic N) is 1. The standard InChI is InChI=1S/C12H14F3N/c1-9-6-16(7-9)8-10-2-4-11(5-3-10)12(13,14)15/h2-5,9H,6-8H2,1H3. The molecule has 1 nitrogen and oxygen atoms in total. The van der Waals surface area contributed by atoms with Gasteiger partial charge in [-0.1, -0.05) is 19.1 Å². The van der Waals surface area contributed by atoms with E-state index < -0.39 is 11.7 Å². The number of benzene rings is 1. The summed E-state index contributed by atoms with van der Waals surface area (Å²) in [5, 5.41) is 0. The van der Waals surface area contributed by atoms with Gasteiger partial charge in [0.05, 0.1) is 5.56 Å². The van der Waals surface area contributed by atoms with Crippen LogP contribution in [0.5, 0.6) is 0 Å². The van der Waals surface area contributed by atoms with Crippen LogP contribution in [0.3, 0.4) is 0 Å². The molecule has 1 aliphatic heterocycles. The van der Waals surface area contributed by atoms with Crippen LogP contribution >= 0.6 is 0 Å². The maximum Gasteiger partial charge on any atom is 0.416 e. The summed E-state index contributed by atoms with van der Waals surface area (Å²) in [5.74, 6) is 0.717. The Labute approximate surface area is 92.9 Å². The van der Waals surface area contributed by atoms with Crippen molar-refractivity contribution in [2.24, 2.45) is 5.92 Å². The zero-order valence-electron chi connectivity index (χ0n) is 9.09. The van der Waals surface area contributed by atoms with Crippen LogP contribution in [0.1, 0.15) is 18.1 Å². The van der Waals surface area contributed by atoms with Crippen molar-refractivity contribution in [2.45, 2.75) is 19.6 Å². The molecular formula is C12H14F3N. The topological polar surface area (TPSA) is 3.24 Å². The first-order valence-corrected chi connectivity index (χ1v) is 5.33. The molecule has 0 saturated carbocycles. The maximum atomic E-state index is 12.3. The van der Waals surface area contributed by atoms with Gasteiger partial charge in [0.15, 0.2) is 0 Å². The largest absolute Gasteiger partial charge is 0.416 e. The maximum absolute atomic E-state index is 12.3. The summed E-state index contributed by atoms with van der Waals surface area (Å²) >= 11 is 0. The summed E-state index contributed by atoms with van der Waals surface area (Å²) in [5.41, 5.74) is 0.369. The first-order valence-electron chi connectivity index (χ1n) is 5.33. The smallest absolute Gasteiger partial charge is 0.298 e. The molecular weight excluding hydrogens is 215 g/mol. The van der Waals surface area contributed by atoms with E-state index in [1.165, 1.54) is 0 Å². The van der Waals surface area contributed by atoms with E-state index in [1.54, 1.807) is 12.1 Å². The van der Waals surface area contributed by atoms with Crippen LogP contribution < -0.4 is 0 Å². The number of alkyl halides is 3. The third-order valence-electron chi connectivity index (χ3n) is 2.83. The SMILES string of the molecule is CC1CN(Cc2ccc(C(F)(F)F)cc2)C1. The Bertz CT molecular complexity index is 350. The average Bonchev–Trinajstić information content (AvgIpc) is 2.15. The molecule has 1 aromatic carbocycles. The minimum Gasteiger partial charge on any atom is -0.298 e. The van der Waals surface area contributed by atoms with Crippen LogP contribution in [0.4, 0.5) is 13.2 Å². The number of likely N-dealkylation sites (tertiary alicyclic amines) is 1. The lowest BCUT2D eigenvalue weighted by molar-refractivity contribution is -0.137. The van der Waals surface area contributed by atoms with E-state index in [1.807, 2.05) is 0 Å². The molecule has 0 amide bonds. The van der Waals surface area contributed by atoms with Gasteiger partial charge < -0.3 is 0 Å². The summed E-state index contributed by atoms with van der Waals surface area (Å²) in [6, 6.07) is 5.43. The fourth-order valence-electron chi connectivity index (χ4n) is 2.01. The molecule has 0 unspecified atom stereocenters. The third kappa shape index (κ3) is 2.55. The molecule has 1 heterocycles. The van der Waals surface area contributed by atoms with E-state index in [0.717, 1.165) is 43.2 Å². The van der Waals surface area contributed by atoms with E-state index in [4.69, 9.17) is 0 Å². The van der Waals surface area contributed by atoms with Gasteiger partial charge in [0.1, 0.15) is 0 Å². The van der Waals surface area contributed by atoms with Crippen LogP contribution in [0, 0.1) is 5.92 Å². The molecule has 0 N–H and O–H groups in total. The van der Waals surface area contributed by atoms with Crippen molar-refractivity contribution >= 4 is 0 Å². The van der Waals surface area contributed by atoms with Crippen molar-refractivity contribution < 1.29 is 13.2 Å². The van der Waals surface area contributed by atoms with Gasteiger partial charge in [-0.05, 0) is 23.6 Å². The molecule has 16 heavy (non-hydrogen) atoms. The highest BCUT2D eigenvalue weighted by Gasteiger charge is 2.30. The van der Waals surface area contributed by atoms with Crippen molar-refractivity contribution in [1.82, 2.24) is 4.90 Å². The van der Waals surface area contributed by atoms with Crippen molar-refractivity contribution in [2.75, 3.05) is 13.1 Å². The van der Waals surface area contributed by atoms with E-state index in [9.17, 15) is 13.2 Å². The van der Waals surface area contributed by atoms with Crippen molar-refractivity contribution in [3.63, 3.8) is 0 Å². The predicted molar refractivity (Wildman–Crippen MR) is 55.9 cm³/mol. The summed E-state index contributed by atoms with van der Waals surface area (Å²) in [6.07, 6.45) is -4.23. The first-order chi connectivity index (χ1) is 7.45. The number of hydrogen-bond donors (Lipinski definition) is 0. The molecule has 0 aliphatic carbocycles. The molecule has 1 aromatic rings. The van der Waals surface area contributed by atoms with Gasteiger partial charge in [-0.3, -0.25) is 4.90 Å². The lowest BCUT2D eigenvalue weighted by Gasteiger charge is -2.37. The van der Waals surface area contributed by atoms with Crippen LogP contribution in [0.15, 0.2) is 24.3 Å². The van der Waals surface area contributed by atoms with Gasteiger partial charge in [-0.15, -0.1) is 0 Å². The van der Waals surface area contributed by atoms with Gasteiger partial charge in [-0.2, -0.15) is 13.2 Å². The lowest BCUT2D eigenvalue weighted by Crippen LogP contribution is -2.44. The van der Waals surface area contributed by atoms with Crippen molar-refractivity contribution in [3.8, 4) is 0 Å². The second kappa shape index (κ2) is 4.09. The van der Waals surface area contributed by atoms with Crippen LogP contribution in [-0.2, 0) is 12.7 Å². The Balaban J connectivity index is 1.97. The third-order valence-corrected chi connectivity index (χ3v) is 2.83. The second-order valence-electron chi connectivity index (χ2n) is 4.49. The van der Waals surface area contributed by atoms with E-state index in [0.29, 0.717) is 0 Å². The fraction of sp³-hybridized carbons (Fsp3) is 0.500. The minimum absolute atomic E-state index is 0.576. The zero-order valence-corrected chi connectivity index (χ0v) is 9.09. The van der Waals surface area contributed by atoms with Gasteiger partial charge in [0, 0.05) is 19.6 Å². The highest BCUT2D eigenvalue weighted by atomic mass is 19.4. The van der Waals surface area contributed by atoms with E-state index >= 15 is 0 Å². The lowest BCUT2D eigenvalue weighted by atomic mass is 10.0. The van der Waals surface area contributed by atoms with Crippen molar-refractivity contribution in [1.29, 1.82) is 0 Å². The van der Waals surface area contributed by atoms with E-state index in [-0.39, 0.29) is 0 Å². The van der Waals surface area contributed by atoms with Gasteiger partial charge >= 0.3 is 6.18 Å². The van der Waals surface area contributed by atoms with Crippen molar-refractivity contribution in [3.05, 3.63) is 35.4 Å². The molecule has 0 radical (unpaired) electrons. The Morgan fingerprint density at radius 1 is 1.19 bits per heavy atom. The quantitative estimate of drug-likeness (QED) is 0.753. The molecule has 1 fully saturated rings. The minimum atomic E-state index is -4.23. The summed E-state index contributed by atoms with van der Waals surface area (Å²) in [4.78, 5) is 2.23. The second-order valence-corrected chi connectivity index (χ2v) is 4.49. The Morgan fingerprint density at radius 3 is 2.19 bits per heavy atom. The van der Waals surface area contributed by atoms with Crippen LogP contribution in [0.25, 0.3) is 0 Å². The summed E-state index contributed by atoms with van der Waals surface area (Å²) < 4.78 is 36.9. The summed E-state index contributed by atoms with van der Waals surface area (Å²) in [6.45, 7) is 5.01. The normalized spacial score (nSPS) is 18.5. The number of halogens is 3. The van der Waals surface area contributed by atoms with Gasteiger partial charge in [0.25, 0.3) is 0 Å². The number of hydrogen-bond acceptors (Lipinski definition) is 1. The zero-order chi connectivity index (χ0) is 11.8. The van der Waals surface area contributed by atoms with Crippen LogP contribution in [0.2, 0.25) is 0 Å². The predicted octanol–water partition coefficient (Wildman–Crippen LogP) is 3.16. The average molecular weight is 229 g/mol. The molecule has 2 rings (SSSR count). The van der Waals surface area contributed by atoms with Gasteiger partial charge in [-0.25, -0.2) is 0 Å². The highest BCUT2D eigenvalue weighted by Crippen LogP contribution is 2.29. The Kier molecular flexibility index (Phi) is 2.93. The molecule has 0 aromatic heterocycles. The number of rotatable bonds is 2. The molecule has 1 aliphatic rings.